The maximum atomic E-state index is 11.1. The molecule has 0 aliphatic heterocycles. The summed E-state index contributed by atoms with van der Waals surface area (Å²) in [6, 6.07) is -1.00. The van der Waals surface area contributed by atoms with Crippen LogP contribution in [0, 0.1) is 5.41 Å². The fraction of sp³-hybridized carbons (Fsp3) is 0.778. The fourth-order valence-electron chi connectivity index (χ4n) is 1.24. The minimum atomic E-state index is -0.580. The highest BCUT2D eigenvalue weighted by Crippen LogP contribution is 2.18. The van der Waals surface area contributed by atoms with Gasteiger partial charge in [-0.05, 0) is 5.41 Å². The van der Waals surface area contributed by atoms with Gasteiger partial charge in [-0.15, -0.1) is 0 Å². The third-order valence-corrected chi connectivity index (χ3v) is 1.92. The first-order valence-corrected chi connectivity index (χ1v) is 4.81. The van der Waals surface area contributed by atoms with Crippen LogP contribution in [0.1, 0.15) is 20.8 Å². The van der Waals surface area contributed by atoms with Crippen LogP contribution in [-0.2, 0) is 4.79 Å². The van der Waals surface area contributed by atoms with Crippen molar-refractivity contribution >= 4 is 11.9 Å². The second-order valence-electron chi connectivity index (χ2n) is 4.45. The Morgan fingerprint density at radius 3 is 2.07 bits per heavy atom. The Kier molecular flexibility index (Phi) is 5.07. The highest BCUT2D eigenvalue weighted by atomic mass is 16.2. The van der Waals surface area contributed by atoms with Gasteiger partial charge in [-0.1, -0.05) is 20.8 Å². The normalized spacial score (nSPS) is 13.3. The molecule has 88 valence electrons. The summed E-state index contributed by atoms with van der Waals surface area (Å²) in [5.41, 5.74) is 9.89. The van der Waals surface area contributed by atoms with E-state index in [1.807, 2.05) is 20.8 Å². The van der Waals surface area contributed by atoms with E-state index in [4.69, 9.17) is 11.5 Å². The molecule has 0 fully saturated rings. The van der Waals surface area contributed by atoms with Gasteiger partial charge in [-0.2, -0.15) is 0 Å². The van der Waals surface area contributed by atoms with E-state index in [0.717, 1.165) is 0 Å². The molecule has 0 spiro atoms. The number of urea groups is 1. The molecule has 15 heavy (non-hydrogen) atoms. The predicted octanol–water partition coefficient (Wildman–Crippen LogP) is -0.856. The molecule has 0 unspecified atom stereocenters. The van der Waals surface area contributed by atoms with Gasteiger partial charge in [0, 0.05) is 13.1 Å². The summed E-state index contributed by atoms with van der Waals surface area (Å²) in [4.78, 5) is 21.5. The fourth-order valence-corrected chi connectivity index (χ4v) is 1.24. The molecular weight excluding hydrogens is 196 g/mol. The summed E-state index contributed by atoms with van der Waals surface area (Å²) >= 11 is 0. The number of amides is 3. The summed E-state index contributed by atoms with van der Waals surface area (Å²) in [5, 5.41) is 5.39. The van der Waals surface area contributed by atoms with Gasteiger partial charge >= 0.3 is 6.03 Å². The van der Waals surface area contributed by atoms with Crippen molar-refractivity contribution in [2.24, 2.45) is 16.9 Å². The van der Waals surface area contributed by atoms with Crippen molar-refractivity contribution in [1.29, 1.82) is 0 Å². The Bertz CT molecular complexity index is 235. The lowest BCUT2D eigenvalue weighted by Gasteiger charge is -2.28. The zero-order valence-corrected chi connectivity index (χ0v) is 9.46. The molecule has 0 aromatic heterocycles. The van der Waals surface area contributed by atoms with Crippen molar-refractivity contribution in [3.63, 3.8) is 0 Å². The number of hydrogen-bond acceptors (Lipinski definition) is 3. The average Bonchev–Trinajstić information content (AvgIpc) is 1.99. The minimum absolute atomic E-state index is 0.251. The number of primary amides is 2. The maximum Gasteiger partial charge on any atom is 0.312 e. The largest absolute Gasteiger partial charge is 0.368 e. The Hall–Kier alpha value is -1.30. The third-order valence-electron chi connectivity index (χ3n) is 1.92. The summed E-state index contributed by atoms with van der Waals surface area (Å²) in [7, 11) is 0. The zero-order chi connectivity index (χ0) is 12.1. The van der Waals surface area contributed by atoms with Crippen LogP contribution in [0.4, 0.5) is 4.79 Å². The van der Waals surface area contributed by atoms with Gasteiger partial charge in [0.2, 0.25) is 5.91 Å². The SMILES string of the molecule is CC(C)(C)[C@H](NCCNC(N)=O)C(N)=O. The number of hydrogen-bond donors (Lipinski definition) is 4. The number of nitrogens with one attached hydrogen (secondary N) is 2. The molecule has 0 aromatic carbocycles. The molecule has 3 amide bonds. The standard InChI is InChI=1S/C9H20N4O2/c1-9(2,3)6(7(10)14)12-4-5-13-8(11)15/h6,12H,4-5H2,1-3H3,(H2,10,14)(H3,11,13,15)/t6-/m1/s1. The number of carbonyl (C=O) groups is 2. The topological polar surface area (TPSA) is 110 Å². The third kappa shape index (κ3) is 5.90. The molecule has 6 N–H and O–H groups in total. The van der Waals surface area contributed by atoms with Crippen LogP contribution in [0.3, 0.4) is 0 Å². The van der Waals surface area contributed by atoms with E-state index in [0.29, 0.717) is 13.1 Å². The van der Waals surface area contributed by atoms with Gasteiger partial charge in [0.25, 0.3) is 0 Å². The molecule has 6 nitrogen and oxygen atoms in total. The van der Waals surface area contributed by atoms with E-state index < -0.39 is 18.0 Å². The smallest absolute Gasteiger partial charge is 0.312 e. The van der Waals surface area contributed by atoms with E-state index in [1.165, 1.54) is 0 Å². The van der Waals surface area contributed by atoms with Crippen molar-refractivity contribution in [2.75, 3.05) is 13.1 Å². The van der Waals surface area contributed by atoms with Gasteiger partial charge in [0.15, 0.2) is 0 Å². The van der Waals surface area contributed by atoms with Crippen LogP contribution in [0.25, 0.3) is 0 Å². The molecule has 0 saturated carbocycles. The van der Waals surface area contributed by atoms with Crippen molar-refractivity contribution < 1.29 is 9.59 Å². The van der Waals surface area contributed by atoms with E-state index in [9.17, 15) is 9.59 Å². The quantitative estimate of drug-likeness (QED) is 0.449. The highest BCUT2D eigenvalue weighted by Gasteiger charge is 2.28. The van der Waals surface area contributed by atoms with Crippen molar-refractivity contribution in [1.82, 2.24) is 10.6 Å². The Balaban J connectivity index is 3.99. The molecule has 0 rings (SSSR count). The molecule has 0 aliphatic carbocycles. The minimum Gasteiger partial charge on any atom is -0.368 e. The van der Waals surface area contributed by atoms with Gasteiger partial charge < -0.3 is 22.1 Å². The first kappa shape index (κ1) is 13.7. The lowest BCUT2D eigenvalue weighted by Crippen LogP contribution is -2.51. The van der Waals surface area contributed by atoms with E-state index in [1.54, 1.807) is 0 Å². The first-order chi connectivity index (χ1) is 6.75. The van der Waals surface area contributed by atoms with Crippen molar-refractivity contribution in [3.8, 4) is 0 Å². The number of rotatable bonds is 5. The Morgan fingerprint density at radius 2 is 1.73 bits per heavy atom. The average molecular weight is 216 g/mol. The van der Waals surface area contributed by atoms with Crippen molar-refractivity contribution in [2.45, 2.75) is 26.8 Å². The summed E-state index contributed by atoms with van der Waals surface area (Å²) < 4.78 is 0. The Labute approximate surface area is 89.8 Å². The number of carbonyl (C=O) groups excluding carboxylic acids is 2. The van der Waals surface area contributed by atoms with E-state index in [-0.39, 0.29) is 5.41 Å². The van der Waals surface area contributed by atoms with Crippen molar-refractivity contribution in [3.05, 3.63) is 0 Å². The summed E-state index contributed by atoms with van der Waals surface area (Å²) in [6.07, 6.45) is 0. The Morgan fingerprint density at radius 1 is 1.20 bits per heavy atom. The second-order valence-corrected chi connectivity index (χ2v) is 4.45. The molecular formula is C9H20N4O2. The van der Waals surface area contributed by atoms with Crippen LogP contribution >= 0.6 is 0 Å². The lowest BCUT2D eigenvalue weighted by atomic mass is 9.86. The second kappa shape index (κ2) is 5.55. The van der Waals surface area contributed by atoms with E-state index in [2.05, 4.69) is 10.6 Å². The molecule has 0 aliphatic rings. The highest BCUT2D eigenvalue weighted by molar-refractivity contribution is 5.80. The predicted molar refractivity (Wildman–Crippen MR) is 58.0 cm³/mol. The van der Waals surface area contributed by atoms with Gasteiger partial charge in [-0.3, -0.25) is 4.79 Å². The molecule has 6 heteroatoms. The van der Waals surface area contributed by atoms with E-state index >= 15 is 0 Å². The zero-order valence-electron chi connectivity index (χ0n) is 9.46. The van der Waals surface area contributed by atoms with Crippen LogP contribution < -0.4 is 22.1 Å². The summed E-state index contributed by atoms with van der Waals surface area (Å²) in [5.74, 6) is -0.401. The summed E-state index contributed by atoms with van der Waals surface area (Å²) in [6.45, 7) is 6.56. The molecule has 0 bridgehead atoms. The maximum absolute atomic E-state index is 11.1. The molecule has 0 saturated heterocycles. The van der Waals surface area contributed by atoms with Crippen LogP contribution in [-0.4, -0.2) is 31.1 Å². The van der Waals surface area contributed by atoms with Crippen LogP contribution in [0.2, 0.25) is 0 Å². The van der Waals surface area contributed by atoms with Gasteiger partial charge in [-0.25, -0.2) is 4.79 Å². The van der Waals surface area contributed by atoms with Crippen LogP contribution in [0.5, 0.6) is 0 Å². The molecule has 1 atom stereocenters. The molecule has 0 aromatic rings. The van der Waals surface area contributed by atoms with Crippen LogP contribution in [0.15, 0.2) is 0 Å². The monoisotopic (exact) mass is 216 g/mol. The molecule has 0 radical (unpaired) electrons. The lowest BCUT2D eigenvalue weighted by molar-refractivity contribution is -0.122. The molecule has 0 heterocycles. The van der Waals surface area contributed by atoms with Gasteiger partial charge in [0.1, 0.15) is 0 Å². The van der Waals surface area contributed by atoms with Gasteiger partial charge in [0.05, 0.1) is 6.04 Å². The number of nitrogens with two attached hydrogens (primary N) is 2. The first-order valence-electron chi connectivity index (χ1n) is 4.81.